The van der Waals surface area contributed by atoms with Gasteiger partial charge in [-0.2, -0.15) is 4.98 Å². The minimum atomic E-state index is -0.893. The smallest absolute Gasteiger partial charge is 0.304 e. The number of aryl methyl sites for hydroxylation is 1. The molecule has 0 bridgehead atoms. The molecule has 194 valence electrons. The second-order valence-corrected chi connectivity index (χ2v) is 8.73. The molecule has 0 spiro atoms. The predicted octanol–water partition coefficient (Wildman–Crippen LogP) is 5.99. The van der Waals surface area contributed by atoms with Crippen molar-refractivity contribution in [2.75, 3.05) is 20.7 Å². The number of hydrogen-bond donors (Lipinski definition) is 1. The molecule has 0 radical (unpaired) electrons. The first-order valence-corrected chi connectivity index (χ1v) is 11.6. The maximum absolute atomic E-state index is 14.4. The lowest BCUT2D eigenvalue weighted by Gasteiger charge is -2.16. The van der Waals surface area contributed by atoms with Crippen LogP contribution < -0.4 is 0 Å². The molecule has 1 heterocycles. The Balaban J connectivity index is 0.00000380. The lowest BCUT2D eigenvalue weighted by Crippen LogP contribution is -2.21. The Morgan fingerprint density at radius 1 is 1.05 bits per heavy atom. The fourth-order valence-electron chi connectivity index (χ4n) is 4.09. The molecule has 37 heavy (non-hydrogen) atoms. The second kappa shape index (κ2) is 12.6. The van der Waals surface area contributed by atoms with Gasteiger partial charge < -0.3 is 19.3 Å². The van der Waals surface area contributed by atoms with E-state index in [0.29, 0.717) is 36.0 Å². The molecule has 0 aliphatic rings. The zero-order valence-corrected chi connectivity index (χ0v) is 21.7. The van der Waals surface area contributed by atoms with Gasteiger partial charge in [0, 0.05) is 36.9 Å². The van der Waals surface area contributed by atoms with Crippen LogP contribution >= 0.6 is 12.4 Å². The van der Waals surface area contributed by atoms with Crippen molar-refractivity contribution in [3.8, 4) is 34.0 Å². The number of carboxylic acid groups (broad SMARTS) is 1. The highest BCUT2D eigenvalue weighted by Crippen LogP contribution is 2.32. The molecule has 0 atom stereocenters. The van der Waals surface area contributed by atoms with Crippen LogP contribution in [0.25, 0.3) is 34.0 Å². The van der Waals surface area contributed by atoms with E-state index in [2.05, 4.69) is 29.2 Å². The largest absolute Gasteiger partial charge is 0.481 e. The van der Waals surface area contributed by atoms with Gasteiger partial charge in [0.25, 0.3) is 5.89 Å². The zero-order valence-electron chi connectivity index (χ0n) is 20.9. The maximum Gasteiger partial charge on any atom is 0.304 e. The van der Waals surface area contributed by atoms with Gasteiger partial charge in [-0.05, 0) is 66.6 Å². The fraction of sp³-hybridized carbons (Fsp3) is 0.250. The molecule has 3 aromatic carbocycles. The van der Waals surface area contributed by atoms with Gasteiger partial charge >= 0.3 is 5.97 Å². The second-order valence-electron chi connectivity index (χ2n) is 8.73. The van der Waals surface area contributed by atoms with Gasteiger partial charge in [-0.3, -0.25) is 4.79 Å². The van der Waals surface area contributed by atoms with Crippen LogP contribution in [-0.4, -0.2) is 46.8 Å². The molecule has 4 rings (SSSR count). The summed E-state index contributed by atoms with van der Waals surface area (Å²) in [6.07, 6.45) is -0.0142. The normalized spacial score (nSPS) is 10.9. The van der Waals surface area contributed by atoms with Crippen LogP contribution in [0.3, 0.4) is 0 Å². The number of aromatic nitrogens is 2. The highest BCUT2D eigenvalue weighted by atomic mass is 35.5. The van der Waals surface area contributed by atoms with Crippen LogP contribution in [0.4, 0.5) is 4.39 Å². The van der Waals surface area contributed by atoms with Crippen LogP contribution in [0, 0.1) is 12.7 Å². The van der Waals surface area contributed by atoms with Gasteiger partial charge in [0.2, 0.25) is 5.82 Å². The van der Waals surface area contributed by atoms with Crippen molar-refractivity contribution < 1.29 is 23.6 Å². The molecule has 0 aliphatic heterocycles. The number of carboxylic acids is 1. The molecule has 9 heteroatoms. The number of benzene rings is 3. The topological polar surface area (TPSA) is 88.7 Å². The summed E-state index contributed by atoms with van der Waals surface area (Å²) in [7, 11) is 3.41. The fourth-order valence-corrected chi connectivity index (χ4v) is 4.09. The number of rotatable bonds is 10. The number of methoxy groups -OCH3 is 1. The van der Waals surface area contributed by atoms with E-state index in [9.17, 15) is 9.18 Å². The van der Waals surface area contributed by atoms with Gasteiger partial charge in [-0.25, -0.2) is 4.39 Å². The standard InChI is InChI=1S/C28H28FN3O4.ClH/c1-18-6-4-5-7-23(18)24-10-8-20(15-22(24)17-35-3)28-30-27(31-36-28)19-9-11-25(29)21(14-19)16-32(2)13-12-26(33)34;/h4-11,14-15H,12-13,16-17H2,1-3H3,(H,33,34);1H. The molecule has 0 amide bonds. The van der Waals surface area contributed by atoms with Crippen LogP contribution in [-0.2, 0) is 22.7 Å². The summed E-state index contributed by atoms with van der Waals surface area (Å²) >= 11 is 0. The molecule has 0 saturated carbocycles. The predicted molar refractivity (Wildman–Crippen MR) is 142 cm³/mol. The van der Waals surface area contributed by atoms with Crippen molar-refractivity contribution in [1.29, 1.82) is 0 Å². The van der Waals surface area contributed by atoms with Crippen molar-refractivity contribution in [2.24, 2.45) is 0 Å². The first-order valence-electron chi connectivity index (χ1n) is 11.6. The number of ether oxygens (including phenoxy) is 1. The van der Waals surface area contributed by atoms with Crippen molar-refractivity contribution in [3.63, 3.8) is 0 Å². The highest BCUT2D eigenvalue weighted by molar-refractivity contribution is 5.85. The summed E-state index contributed by atoms with van der Waals surface area (Å²) in [5.41, 5.74) is 6.18. The first-order chi connectivity index (χ1) is 17.4. The van der Waals surface area contributed by atoms with Crippen LogP contribution in [0.2, 0.25) is 0 Å². The van der Waals surface area contributed by atoms with Crippen molar-refractivity contribution in [1.82, 2.24) is 15.0 Å². The van der Waals surface area contributed by atoms with Gasteiger partial charge in [-0.1, -0.05) is 35.5 Å². The van der Waals surface area contributed by atoms with E-state index in [1.165, 1.54) is 11.6 Å². The third kappa shape index (κ3) is 6.80. The lowest BCUT2D eigenvalue weighted by atomic mass is 9.94. The summed E-state index contributed by atoms with van der Waals surface area (Å²) in [4.78, 5) is 17.1. The van der Waals surface area contributed by atoms with E-state index < -0.39 is 5.97 Å². The molecule has 0 saturated heterocycles. The van der Waals surface area contributed by atoms with E-state index in [0.717, 1.165) is 22.3 Å². The number of carbonyl (C=O) groups is 1. The van der Waals surface area contributed by atoms with Gasteiger partial charge in [-0.15, -0.1) is 12.4 Å². The monoisotopic (exact) mass is 525 g/mol. The lowest BCUT2D eigenvalue weighted by molar-refractivity contribution is -0.137. The van der Waals surface area contributed by atoms with Crippen molar-refractivity contribution >= 4 is 18.4 Å². The number of nitrogens with zero attached hydrogens (tertiary/aromatic N) is 3. The Labute approximate surface area is 221 Å². The Hall–Kier alpha value is -3.59. The van der Waals surface area contributed by atoms with E-state index >= 15 is 0 Å². The molecular weight excluding hydrogens is 497 g/mol. The summed E-state index contributed by atoms with van der Waals surface area (Å²) in [6, 6.07) is 18.8. The minimum absolute atomic E-state index is 0. The molecule has 4 aromatic rings. The highest BCUT2D eigenvalue weighted by Gasteiger charge is 2.16. The minimum Gasteiger partial charge on any atom is -0.481 e. The molecule has 7 nitrogen and oxygen atoms in total. The molecule has 1 N–H and O–H groups in total. The number of halogens is 2. The SMILES string of the molecule is COCc1cc(-c2nc(-c3ccc(F)c(CN(C)CCC(=O)O)c3)no2)ccc1-c1ccccc1C.Cl. The van der Waals surface area contributed by atoms with Gasteiger partial charge in [0.05, 0.1) is 13.0 Å². The quantitative estimate of drug-likeness (QED) is 0.272. The van der Waals surface area contributed by atoms with Gasteiger partial charge in [0.1, 0.15) is 5.82 Å². The molecule has 0 unspecified atom stereocenters. The summed E-state index contributed by atoms with van der Waals surface area (Å²) in [5.74, 6) is -0.574. The van der Waals surface area contributed by atoms with Crippen molar-refractivity contribution in [3.05, 3.63) is 83.2 Å². The van der Waals surface area contributed by atoms with Gasteiger partial charge in [0.15, 0.2) is 0 Å². The summed E-state index contributed by atoms with van der Waals surface area (Å²) < 4.78 is 25.4. The Morgan fingerprint density at radius 2 is 1.78 bits per heavy atom. The Morgan fingerprint density at radius 3 is 2.51 bits per heavy atom. The molecule has 0 aliphatic carbocycles. The average Bonchev–Trinajstić information content (AvgIpc) is 3.35. The third-order valence-corrected chi connectivity index (χ3v) is 5.96. The zero-order chi connectivity index (χ0) is 25.7. The average molecular weight is 526 g/mol. The summed E-state index contributed by atoms with van der Waals surface area (Å²) in [6.45, 7) is 3.08. The van der Waals surface area contributed by atoms with Crippen LogP contribution in [0.1, 0.15) is 23.1 Å². The van der Waals surface area contributed by atoms with E-state index in [4.69, 9.17) is 14.4 Å². The van der Waals surface area contributed by atoms with E-state index in [1.54, 1.807) is 31.2 Å². The van der Waals surface area contributed by atoms with Crippen molar-refractivity contribution in [2.45, 2.75) is 26.5 Å². The number of aliphatic carboxylic acids is 1. The number of hydrogen-bond acceptors (Lipinski definition) is 6. The molecular formula is C28H29ClFN3O4. The third-order valence-electron chi connectivity index (χ3n) is 5.96. The van der Waals surface area contributed by atoms with E-state index in [-0.39, 0.29) is 31.2 Å². The Bertz CT molecular complexity index is 1380. The Kier molecular flexibility index (Phi) is 9.52. The molecule has 0 fully saturated rings. The summed E-state index contributed by atoms with van der Waals surface area (Å²) in [5, 5.41) is 13.0. The first kappa shape index (κ1) is 28.0. The van der Waals surface area contributed by atoms with E-state index in [1.807, 2.05) is 30.3 Å². The maximum atomic E-state index is 14.4. The molecule has 1 aromatic heterocycles. The van der Waals surface area contributed by atoms with Crippen LogP contribution in [0.15, 0.2) is 65.2 Å². The van der Waals surface area contributed by atoms with Crippen LogP contribution in [0.5, 0.6) is 0 Å².